The molecule has 0 unspecified atom stereocenters. The Kier molecular flexibility index (Phi) is 6.88. The number of hydrogen-bond donors (Lipinski definition) is 2. The van der Waals surface area contributed by atoms with E-state index in [1.165, 1.54) is 7.11 Å². The highest BCUT2D eigenvalue weighted by Crippen LogP contribution is 2.29. The Labute approximate surface area is 201 Å². The topological polar surface area (TPSA) is 117 Å². The maximum Gasteiger partial charge on any atom is 0.262 e. The second-order valence-electron chi connectivity index (χ2n) is 7.72. The van der Waals surface area contributed by atoms with Gasteiger partial charge in [0.25, 0.3) is 11.5 Å². The van der Waals surface area contributed by atoms with E-state index in [0.717, 1.165) is 5.56 Å². The van der Waals surface area contributed by atoms with Crippen LogP contribution in [0.2, 0.25) is 0 Å². The highest BCUT2D eigenvalue weighted by atomic mass is 16.5. The molecule has 1 amide bonds. The number of nitrogens with one attached hydrogen (secondary N) is 2. The molecular weight excluding hydrogens is 444 g/mol. The van der Waals surface area contributed by atoms with Crippen LogP contribution in [0.25, 0.3) is 22.6 Å². The van der Waals surface area contributed by atoms with E-state index < -0.39 is 0 Å². The van der Waals surface area contributed by atoms with Gasteiger partial charge in [-0.1, -0.05) is 30.3 Å². The normalized spacial score (nSPS) is 11.1. The first-order valence-electron chi connectivity index (χ1n) is 10.8. The lowest BCUT2D eigenvalue weighted by Gasteiger charge is -2.12. The van der Waals surface area contributed by atoms with Crippen molar-refractivity contribution in [3.63, 3.8) is 0 Å². The van der Waals surface area contributed by atoms with Crippen LogP contribution < -0.4 is 20.3 Å². The third kappa shape index (κ3) is 5.54. The molecule has 0 aliphatic heterocycles. The quantitative estimate of drug-likeness (QED) is 0.392. The van der Waals surface area contributed by atoms with E-state index in [0.29, 0.717) is 33.7 Å². The molecule has 0 bridgehead atoms. The van der Waals surface area contributed by atoms with Gasteiger partial charge in [0.2, 0.25) is 0 Å². The van der Waals surface area contributed by atoms with Crippen molar-refractivity contribution in [3.05, 3.63) is 94.0 Å². The van der Waals surface area contributed by atoms with E-state index in [4.69, 9.17) is 9.47 Å². The fourth-order valence-electron chi connectivity index (χ4n) is 3.49. The van der Waals surface area contributed by atoms with Crippen molar-refractivity contribution in [2.75, 3.05) is 19.0 Å². The Morgan fingerprint density at radius 1 is 1.11 bits per heavy atom. The van der Waals surface area contributed by atoms with Crippen molar-refractivity contribution >= 4 is 34.1 Å². The number of aromatic amines is 1. The van der Waals surface area contributed by atoms with E-state index in [9.17, 15) is 14.9 Å². The van der Waals surface area contributed by atoms with Gasteiger partial charge in [-0.3, -0.25) is 9.59 Å². The van der Waals surface area contributed by atoms with Gasteiger partial charge < -0.3 is 19.8 Å². The summed E-state index contributed by atoms with van der Waals surface area (Å²) in [6, 6.07) is 21.5. The number of carbonyl (C=O) groups is 1. The van der Waals surface area contributed by atoms with Crippen LogP contribution in [-0.2, 0) is 4.79 Å². The second-order valence-corrected chi connectivity index (χ2v) is 7.72. The zero-order valence-corrected chi connectivity index (χ0v) is 19.2. The van der Waals surface area contributed by atoms with E-state index in [2.05, 4.69) is 21.4 Å². The fourth-order valence-corrected chi connectivity index (χ4v) is 3.49. The summed E-state index contributed by atoms with van der Waals surface area (Å²) in [7, 11) is 1.48. The van der Waals surface area contributed by atoms with Crippen LogP contribution in [-0.4, -0.2) is 29.6 Å². The van der Waals surface area contributed by atoms with Crippen LogP contribution in [0.15, 0.2) is 71.5 Å². The van der Waals surface area contributed by atoms with Crippen molar-refractivity contribution in [3.8, 4) is 17.6 Å². The van der Waals surface area contributed by atoms with Crippen LogP contribution in [0.4, 0.5) is 5.69 Å². The smallest absolute Gasteiger partial charge is 0.262 e. The summed E-state index contributed by atoms with van der Waals surface area (Å²) in [4.78, 5) is 31.7. The van der Waals surface area contributed by atoms with Crippen LogP contribution in [0.3, 0.4) is 0 Å². The number of nitrogens with zero attached hydrogens (tertiary/aromatic N) is 2. The molecule has 0 saturated heterocycles. The highest BCUT2D eigenvalue weighted by molar-refractivity contribution is 5.92. The third-order valence-corrected chi connectivity index (χ3v) is 5.15. The lowest BCUT2D eigenvalue weighted by atomic mass is 10.1. The molecule has 0 saturated carbocycles. The molecule has 2 N–H and O–H groups in total. The number of allylic oxidation sites excluding steroid dienone is 1. The molecule has 1 aromatic heterocycles. The van der Waals surface area contributed by atoms with Crippen LogP contribution in [0, 0.1) is 18.3 Å². The minimum Gasteiger partial charge on any atom is -0.493 e. The van der Waals surface area contributed by atoms with Gasteiger partial charge in [0.15, 0.2) is 23.9 Å². The molecule has 4 rings (SSSR count). The lowest BCUT2D eigenvalue weighted by molar-refractivity contribution is -0.118. The zero-order valence-electron chi connectivity index (χ0n) is 19.2. The number of hydrogen-bond acceptors (Lipinski definition) is 6. The predicted molar refractivity (Wildman–Crippen MR) is 134 cm³/mol. The molecule has 8 heteroatoms. The SMILES string of the molecule is COc1cc(/C=C(\C#N)c2nc3ccccc3c(=O)[nH]2)ccc1OCC(=O)Nc1cccc(C)c1. The molecule has 4 aromatic rings. The fraction of sp³-hybridized carbons (Fsp3) is 0.111. The number of H-pyrrole nitrogens is 1. The van der Waals surface area contributed by atoms with Gasteiger partial charge in [0.1, 0.15) is 6.07 Å². The highest BCUT2D eigenvalue weighted by Gasteiger charge is 2.11. The Morgan fingerprint density at radius 2 is 1.94 bits per heavy atom. The maximum atomic E-state index is 12.4. The summed E-state index contributed by atoms with van der Waals surface area (Å²) >= 11 is 0. The van der Waals surface area contributed by atoms with Crippen molar-refractivity contribution < 1.29 is 14.3 Å². The summed E-state index contributed by atoms with van der Waals surface area (Å²) in [5, 5.41) is 12.9. The van der Waals surface area contributed by atoms with Crippen LogP contribution >= 0.6 is 0 Å². The minimum absolute atomic E-state index is 0.170. The number of benzene rings is 3. The van der Waals surface area contributed by atoms with E-state index in [1.54, 1.807) is 54.6 Å². The van der Waals surface area contributed by atoms with E-state index >= 15 is 0 Å². The average Bonchev–Trinajstić information content (AvgIpc) is 2.86. The molecule has 0 aliphatic rings. The minimum atomic E-state index is -0.322. The van der Waals surface area contributed by atoms with E-state index in [1.807, 2.05) is 25.1 Å². The summed E-state index contributed by atoms with van der Waals surface area (Å²) in [6.07, 6.45) is 1.59. The molecule has 0 spiro atoms. The van der Waals surface area contributed by atoms with Crippen molar-refractivity contribution in [1.82, 2.24) is 9.97 Å². The number of aromatic nitrogens is 2. The summed E-state index contributed by atoms with van der Waals surface area (Å²) in [6.45, 7) is 1.74. The van der Waals surface area contributed by atoms with E-state index in [-0.39, 0.29) is 29.5 Å². The number of fused-ring (bicyclic) bond motifs is 1. The van der Waals surface area contributed by atoms with Gasteiger partial charge in [0, 0.05) is 5.69 Å². The molecule has 0 fully saturated rings. The van der Waals surface area contributed by atoms with Crippen LogP contribution in [0.5, 0.6) is 11.5 Å². The number of nitriles is 1. The zero-order chi connectivity index (χ0) is 24.8. The number of methoxy groups -OCH3 is 1. The Morgan fingerprint density at radius 3 is 2.71 bits per heavy atom. The van der Waals surface area contributed by atoms with Gasteiger partial charge >= 0.3 is 0 Å². The summed E-state index contributed by atoms with van der Waals surface area (Å²) < 4.78 is 11.1. The molecule has 35 heavy (non-hydrogen) atoms. The number of ether oxygens (including phenoxy) is 2. The van der Waals surface area contributed by atoms with Gasteiger partial charge in [-0.05, 0) is 60.5 Å². The summed E-state index contributed by atoms with van der Waals surface area (Å²) in [5.41, 5.74) is 2.71. The lowest BCUT2D eigenvalue weighted by Crippen LogP contribution is -2.20. The van der Waals surface area contributed by atoms with Crippen molar-refractivity contribution in [2.24, 2.45) is 0 Å². The Hall–Kier alpha value is -4.90. The number of carbonyl (C=O) groups excluding carboxylic acids is 1. The first kappa shape index (κ1) is 23.3. The van der Waals surface area contributed by atoms with Gasteiger partial charge in [0.05, 0.1) is 23.6 Å². The standard InChI is InChI=1S/C27H22N4O4/c1-17-6-5-7-20(12-17)29-25(32)16-35-23-11-10-18(14-24(23)34-2)13-19(15-28)26-30-22-9-4-3-8-21(22)27(33)31-26/h3-14H,16H2,1-2H3,(H,29,32)(H,30,31,33)/b19-13+. The second kappa shape index (κ2) is 10.4. The monoisotopic (exact) mass is 466 g/mol. The third-order valence-electron chi connectivity index (χ3n) is 5.15. The molecule has 0 atom stereocenters. The van der Waals surface area contributed by atoms with Gasteiger partial charge in [-0.15, -0.1) is 0 Å². The number of para-hydroxylation sites is 1. The van der Waals surface area contributed by atoms with Gasteiger partial charge in [-0.2, -0.15) is 5.26 Å². The molecule has 174 valence electrons. The predicted octanol–water partition coefficient (Wildman–Crippen LogP) is 4.32. The van der Waals surface area contributed by atoms with Crippen LogP contribution in [0.1, 0.15) is 17.0 Å². The average molecular weight is 466 g/mol. The van der Waals surface area contributed by atoms with Crippen molar-refractivity contribution in [2.45, 2.75) is 6.92 Å². The molecule has 8 nitrogen and oxygen atoms in total. The Bertz CT molecular complexity index is 1530. The number of amides is 1. The molecule has 0 aliphatic carbocycles. The first-order valence-corrected chi connectivity index (χ1v) is 10.8. The first-order chi connectivity index (χ1) is 17.0. The summed E-state index contributed by atoms with van der Waals surface area (Å²) in [5.74, 6) is 0.627. The number of rotatable bonds is 7. The molecule has 1 heterocycles. The number of anilines is 1. The largest absolute Gasteiger partial charge is 0.493 e. The molecular formula is C27H22N4O4. The maximum absolute atomic E-state index is 12.4. The molecule has 3 aromatic carbocycles. The van der Waals surface area contributed by atoms with Gasteiger partial charge in [-0.25, -0.2) is 4.98 Å². The molecule has 0 radical (unpaired) electrons. The number of aryl methyl sites for hydroxylation is 1. The van der Waals surface area contributed by atoms with Crippen molar-refractivity contribution in [1.29, 1.82) is 5.26 Å². The Balaban J connectivity index is 1.53.